The molecule has 0 aromatic rings. The SMILES string of the molecule is CC1CC(NCC2CCCOC2)CN1C. The molecule has 0 bridgehead atoms. The van der Waals surface area contributed by atoms with Gasteiger partial charge in [-0.1, -0.05) is 0 Å². The van der Waals surface area contributed by atoms with Crippen LogP contribution in [0.15, 0.2) is 0 Å². The van der Waals surface area contributed by atoms with Crippen molar-refractivity contribution >= 4 is 0 Å². The Hall–Kier alpha value is -0.120. The van der Waals surface area contributed by atoms with Crippen LogP contribution in [0.5, 0.6) is 0 Å². The third-order valence-corrected chi connectivity index (χ3v) is 3.84. The van der Waals surface area contributed by atoms with Gasteiger partial charge in [0.15, 0.2) is 0 Å². The standard InChI is InChI=1S/C12H24N2O/c1-10-6-12(8-14(10)2)13-7-11-4-3-5-15-9-11/h10-13H,3-9H2,1-2H3. The zero-order valence-corrected chi connectivity index (χ0v) is 10.0. The summed E-state index contributed by atoms with van der Waals surface area (Å²) in [5.41, 5.74) is 0. The van der Waals surface area contributed by atoms with Gasteiger partial charge in [-0.2, -0.15) is 0 Å². The second-order valence-corrected chi connectivity index (χ2v) is 5.21. The van der Waals surface area contributed by atoms with Crippen molar-refractivity contribution in [2.75, 3.05) is 33.4 Å². The molecule has 2 rings (SSSR count). The Bertz CT molecular complexity index is 182. The third kappa shape index (κ3) is 3.16. The van der Waals surface area contributed by atoms with Crippen molar-refractivity contribution < 1.29 is 4.74 Å². The number of nitrogens with one attached hydrogen (secondary N) is 1. The highest BCUT2D eigenvalue weighted by Crippen LogP contribution is 2.17. The lowest BCUT2D eigenvalue weighted by Crippen LogP contribution is -2.37. The van der Waals surface area contributed by atoms with E-state index in [0.29, 0.717) is 6.04 Å². The topological polar surface area (TPSA) is 24.5 Å². The van der Waals surface area contributed by atoms with Gasteiger partial charge < -0.3 is 15.0 Å². The van der Waals surface area contributed by atoms with Gasteiger partial charge in [0.2, 0.25) is 0 Å². The summed E-state index contributed by atoms with van der Waals surface area (Å²) in [6.45, 7) is 6.59. The van der Waals surface area contributed by atoms with E-state index in [4.69, 9.17) is 4.74 Å². The Morgan fingerprint density at radius 2 is 2.33 bits per heavy atom. The Balaban J connectivity index is 1.65. The number of hydrogen-bond donors (Lipinski definition) is 1. The molecule has 3 heteroatoms. The molecule has 88 valence electrons. The maximum atomic E-state index is 5.49. The van der Waals surface area contributed by atoms with Crippen LogP contribution in [0.4, 0.5) is 0 Å². The van der Waals surface area contributed by atoms with Gasteiger partial charge in [-0.05, 0) is 39.2 Å². The van der Waals surface area contributed by atoms with Gasteiger partial charge in [-0.3, -0.25) is 0 Å². The molecule has 3 nitrogen and oxygen atoms in total. The zero-order valence-electron chi connectivity index (χ0n) is 10.0. The van der Waals surface area contributed by atoms with Gasteiger partial charge in [0.25, 0.3) is 0 Å². The van der Waals surface area contributed by atoms with E-state index in [1.54, 1.807) is 0 Å². The predicted molar refractivity (Wildman–Crippen MR) is 62.0 cm³/mol. The lowest BCUT2D eigenvalue weighted by molar-refractivity contribution is 0.0539. The molecule has 3 unspecified atom stereocenters. The summed E-state index contributed by atoms with van der Waals surface area (Å²) in [6, 6.07) is 1.44. The smallest absolute Gasteiger partial charge is 0.0506 e. The van der Waals surface area contributed by atoms with Crippen molar-refractivity contribution in [2.45, 2.75) is 38.3 Å². The summed E-state index contributed by atoms with van der Waals surface area (Å²) in [5.74, 6) is 0.750. The van der Waals surface area contributed by atoms with E-state index in [-0.39, 0.29) is 0 Å². The average Bonchev–Trinajstić information content (AvgIpc) is 2.57. The number of nitrogens with zero attached hydrogens (tertiary/aromatic N) is 1. The molecule has 15 heavy (non-hydrogen) atoms. The van der Waals surface area contributed by atoms with Crippen LogP contribution < -0.4 is 5.32 Å². The molecular weight excluding hydrogens is 188 g/mol. The van der Waals surface area contributed by atoms with Gasteiger partial charge in [-0.15, -0.1) is 0 Å². The van der Waals surface area contributed by atoms with Crippen LogP contribution in [0.1, 0.15) is 26.2 Å². The third-order valence-electron chi connectivity index (χ3n) is 3.84. The second kappa shape index (κ2) is 5.28. The molecule has 2 fully saturated rings. The molecule has 0 spiro atoms. The summed E-state index contributed by atoms with van der Waals surface area (Å²) in [4.78, 5) is 2.44. The lowest BCUT2D eigenvalue weighted by Gasteiger charge is -2.24. The highest BCUT2D eigenvalue weighted by molar-refractivity contribution is 4.85. The van der Waals surface area contributed by atoms with E-state index in [1.807, 2.05) is 0 Å². The first-order valence-electron chi connectivity index (χ1n) is 6.27. The molecule has 0 aliphatic carbocycles. The number of hydrogen-bond acceptors (Lipinski definition) is 3. The fourth-order valence-corrected chi connectivity index (χ4v) is 2.64. The van der Waals surface area contributed by atoms with Crippen molar-refractivity contribution in [1.82, 2.24) is 10.2 Å². The normalized spacial score (nSPS) is 38.4. The van der Waals surface area contributed by atoms with Crippen LogP contribution >= 0.6 is 0 Å². The maximum absolute atomic E-state index is 5.49. The lowest BCUT2D eigenvalue weighted by atomic mass is 10.0. The van der Waals surface area contributed by atoms with Crippen LogP contribution in [-0.2, 0) is 4.74 Å². The summed E-state index contributed by atoms with van der Waals surface area (Å²) in [6.07, 6.45) is 3.88. The van der Waals surface area contributed by atoms with Gasteiger partial charge in [-0.25, -0.2) is 0 Å². The van der Waals surface area contributed by atoms with Crippen molar-refractivity contribution in [1.29, 1.82) is 0 Å². The van der Waals surface area contributed by atoms with Gasteiger partial charge in [0, 0.05) is 31.8 Å². The molecule has 0 aromatic carbocycles. The maximum Gasteiger partial charge on any atom is 0.0506 e. The van der Waals surface area contributed by atoms with Crippen molar-refractivity contribution in [3.05, 3.63) is 0 Å². The number of ether oxygens (including phenoxy) is 1. The van der Waals surface area contributed by atoms with E-state index in [9.17, 15) is 0 Å². The van der Waals surface area contributed by atoms with E-state index < -0.39 is 0 Å². The fourth-order valence-electron chi connectivity index (χ4n) is 2.64. The largest absolute Gasteiger partial charge is 0.381 e. The van der Waals surface area contributed by atoms with E-state index in [2.05, 4.69) is 24.2 Å². The highest BCUT2D eigenvalue weighted by atomic mass is 16.5. The summed E-state index contributed by atoms with van der Waals surface area (Å²) >= 11 is 0. The molecule has 1 N–H and O–H groups in total. The second-order valence-electron chi connectivity index (χ2n) is 5.21. The van der Waals surface area contributed by atoms with Crippen molar-refractivity contribution in [3.8, 4) is 0 Å². The minimum Gasteiger partial charge on any atom is -0.381 e. The minimum absolute atomic E-state index is 0.701. The Labute approximate surface area is 93.2 Å². The Morgan fingerprint density at radius 3 is 2.93 bits per heavy atom. The van der Waals surface area contributed by atoms with Gasteiger partial charge >= 0.3 is 0 Å². The first-order valence-corrected chi connectivity index (χ1v) is 6.27. The van der Waals surface area contributed by atoms with Crippen LogP contribution in [0.3, 0.4) is 0 Å². The molecule has 2 heterocycles. The number of likely N-dealkylation sites (N-methyl/N-ethyl adjacent to an activating group) is 1. The van der Waals surface area contributed by atoms with E-state index >= 15 is 0 Å². The van der Waals surface area contributed by atoms with Crippen LogP contribution in [0.2, 0.25) is 0 Å². The molecule has 0 aromatic heterocycles. The van der Waals surface area contributed by atoms with E-state index in [1.165, 1.54) is 25.8 Å². The van der Waals surface area contributed by atoms with Gasteiger partial charge in [0.05, 0.1) is 6.61 Å². The quantitative estimate of drug-likeness (QED) is 0.758. The van der Waals surface area contributed by atoms with E-state index in [0.717, 1.165) is 31.7 Å². The number of likely N-dealkylation sites (tertiary alicyclic amines) is 1. The molecular formula is C12H24N2O. The molecule has 2 aliphatic rings. The summed E-state index contributed by atoms with van der Waals surface area (Å²) < 4.78 is 5.49. The van der Waals surface area contributed by atoms with Crippen LogP contribution in [0.25, 0.3) is 0 Å². The Morgan fingerprint density at radius 1 is 1.47 bits per heavy atom. The molecule has 0 amide bonds. The fraction of sp³-hybridized carbons (Fsp3) is 1.00. The molecule has 0 saturated carbocycles. The zero-order chi connectivity index (χ0) is 10.7. The van der Waals surface area contributed by atoms with Crippen LogP contribution in [-0.4, -0.2) is 50.3 Å². The first kappa shape index (κ1) is 11.4. The summed E-state index contributed by atoms with van der Waals surface area (Å²) in [7, 11) is 2.22. The monoisotopic (exact) mass is 212 g/mol. The molecule has 3 atom stereocenters. The first-order chi connectivity index (χ1) is 7.25. The van der Waals surface area contributed by atoms with Crippen molar-refractivity contribution in [3.63, 3.8) is 0 Å². The average molecular weight is 212 g/mol. The summed E-state index contributed by atoms with van der Waals surface area (Å²) in [5, 5.41) is 3.69. The van der Waals surface area contributed by atoms with Gasteiger partial charge in [0.1, 0.15) is 0 Å². The number of rotatable bonds is 3. The minimum atomic E-state index is 0.701. The highest BCUT2D eigenvalue weighted by Gasteiger charge is 2.26. The Kier molecular flexibility index (Phi) is 4.00. The molecule has 2 aliphatic heterocycles. The molecule has 2 saturated heterocycles. The van der Waals surface area contributed by atoms with Crippen LogP contribution in [0, 0.1) is 5.92 Å². The molecule has 0 radical (unpaired) electrons. The van der Waals surface area contributed by atoms with Crippen molar-refractivity contribution in [2.24, 2.45) is 5.92 Å². The predicted octanol–water partition coefficient (Wildman–Crippen LogP) is 1.10.